The maximum Gasteiger partial charge on any atom is 0.103 e. The van der Waals surface area contributed by atoms with Crippen molar-refractivity contribution in [3.05, 3.63) is 34.5 Å². The third-order valence-corrected chi connectivity index (χ3v) is 4.88. The molecular formula is C18H20ClN3O2. The van der Waals surface area contributed by atoms with Crippen LogP contribution < -0.4 is 5.32 Å². The van der Waals surface area contributed by atoms with Gasteiger partial charge in [0.15, 0.2) is 0 Å². The van der Waals surface area contributed by atoms with Crippen LogP contribution in [0.25, 0.3) is 10.9 Å². The average Bonchev–Trinajstić information content (AvgIpc) is 3.09. The van der Waals surface area contributed by atoms with E-state index in [0.717, 1.165) is 29.7 Å². The molecule has 3 rings (SSSR count). The molecule has 2 N–H and O–H groups in total. The number of anilines is 1. The third-order valence-electron chi connectivity index (χ3n) is 4.60. The minimum atomic E-state index is 0.0857. The number of hydrogen-bond donors (Lipinski definition) is 2. The molecule has 1 aliphatic rings. The van der Waals surface area contributed by atoms with E-state index in [-0.39, 0.29) is 12.5 Å². The lowest BCUT2D eigenvalue weighted by molar-refractivity contribution is 0.145. The molecule has 1 fully saturated rings. The second-order valence-corrected chi connectivity index (χ2v) is 6.66. The lowest BCUT2D eigenvalue weighted by Gasteiger charge is -2.22. The Morgan fingerprint density at radius 2 is 2.38 bits per heavy atom. The van der Waals surface area contributed by atoms with Gasteiger partial charge in [-0.05, 0) is 37.0 Å². The molecule has 24 heavy (non-hydrogen) atoms. The molecule has 0 spiro atoms. The maximum absolute atomic E-state index is 9.70. The number of nitriles is 1. The van der Waals surface area contributed by atoms with Gasteiger partial charge in [-0.2, -0.15) is 5.26 Å². The Kier molecular flexibility index (Phi) is 5.20. The molecule has 1 aromatic heterocycles. The first-order valence-corrected chi connectivity index (χ1v) is 8.43. The fraction of sp³-hybridized carbons (Fsp3) is 0.444. The van der Waals surface area contributed by atoms with Crippen molar-refractivity contribution in [2.75, 3.05) is 31.7 Å². The van der Waals surface area contributed by atoms with Gasteiger partial charge < -0.3 is 15.2 Å². The lowest BCUT2D eigenvalue weighted by atomic mass is 9.92. The number of halogens is 1. The monoisotopic (exact) mass is 345 g/mol. The summed E-state index contributed by atoms with van der Waals surface area (Å²) in [6.07, 6.45) is 2.50. The number of nitrogens with zero attached hydrogens (tertiary/aromatic N) is 2. The summed E-state index contributed by atoms with van der Waals surface area (Å²) in [4.78, 5) is 4.31. The number of aryl methyl sites for hydroxylation is 1. The zero-order valence-corrected chi connectivity index (χ0v) is 14.3. The standard InChI is InChI=1S/C18H20ClN3O2/c1-11-4-15-17(13(6-20)7-22-18(15)16(19)5-11)21-8-14(9-23)12-2-3-24-10-12/h4-5,7,12,14,23H,2-3,8-10H2,1H3,(H,21,22)/t12-,14+/m1/s1. The highest BCUT2D eigenvalue weighted by Crippen LogP contribution is 2.32. The van der Waals surface area contributed by atoms with Gasteiger partial charge >= 0.3 is 0 Å². The summed E-state index contributed by atoms with van der Waals surface area (Å²) in [6.45, 7) is 4.05. The van der Waals surface area contributed by atoms with Crippen molar-refractivity contribution in [1.29, 1.82) is 5.26 Å². The van der Waals surface area contributed by atoms with Crippen LogP contribution in [0, 0.1) is 30.1 Å². The Morgan fingerprint density at radius 3 is 3.04 bits per heavy atom. The minimum Gasteiger partial charge on any atom is -0.396 e. The van der Waals surface area contributed by atoms with Crippen molar-refractivity contribution in [2.45, 2.75) is 13.3 Å². The molecule has 1 aliphatic heterocycles. The Hall–Kier alpha value is -1.87. The van der Waals surface area contributed by atoms with E-state index in [4.69, 9.17) is 16.3 Å². The molecule has 6 heteroatoms. The van der Waals surface area contributed by atoms with Crippen molar-refractivity contribution >= 4 is 28.2 Å². The summed E-state index contributed by atoms with van der Waals surface area (Å²) in [5.41, 5.74) is 2.89. The Morgan fingerprint density at radius 1 is 1.54 bits per heavy atom. The van der Waals surface area contributed by atoms with Gasteiger partial charge in [-0.1, -0.05) is 11.6 Å². The summed E-state index contributed by atoms with van der Waals surface area (Å²) in [5, 5.41) is 23.9. The largest absolute Gasteiger partial charge is 0.396 e. The van der Waals surface area contributed by atoms with Gasteiger partial charge in [-0.3, -0.25) is 4.98 Å². The number of rotatable bonds is 5. The van der Waals surface area contributed by atoms with Gasteiger partial charge in [0.05, 0.1) is 21.8 Å². The van der Waals surface area contributed by atoms with E-state index in [9.17, 15) is 10.4 Å². The Balaban J connectivity index is 1.93. The van der Waals surface area contributed by atoms with Crippen molar-refractivity contribution in [3.8, 4) is 6.07 Å². The van der Waals surface area contributed by atoms with Crippen LogP contribution in [0.15, 0.2) is 18.3 Å². The first-order chi connectivity index (χ1) is 11.6. The fourth-order valence-electron chi connectivity index (χ4n) is 3.21. The summed E-state index contributed by atoms with van der Waals surface area (Å²) in [6, 6.07) is 6.02. The van der Waals surface area contributed by atoms with Gasteiger partial charge in [0, 0.05) is 43.9 Å². The van der Waals surface area contributed by atoms with E-state index in [0.29, 0.717) is 35.2 Å². The number of hydrogen-bond acceptors (Lipinski definition) is 5. The fourth-order valence-corrected chi connectivity index (χ4v) is 3.53. The predicted octanol–water partition coefficient (Wildman–Crippen LogP) is 3.13. The van der Waals surface area contributed by atoms with Gasteiger partial charge in [0.2, 0.25) is 0 Å². The average molecular weight is 346 g/mol. The molecule has 5 nitrogen and oxygen atoms in total. The van der Waals surface area contributed by atoms with Crippen LogP contribution in [-0.2, 0) is 4.74 Å². The highest BCUT2D eigenvalue weighted by Gasteiger charge is 2.25. The second-order valence-electron chi connectivity index (χ2n) is 6.25. The van der Waals surface area contributed by atoms with Crippen molar-refractivity contribution < 1.29 is 9.84 Å². The quantitative estimate of drug-likeness (QED) is 0.870. The molecule has 0 unspecified atom stereocenters. The number of aromatic nitrogens is 1. The Bertz CT molecular complexity index is 782. The number of ether oxygens (including phenoxy) is 1. The van der Waals surface area contributed by atoms with Crippen LogP contribution in [0.3, 0.4) is 0 Å². The van der Waals surface area contributed by atoms with E-state index in [1.165, 1.54) is 0 Å². The molecule has 0 saturated carbocycles. The number of nitrogens with one attached hydrogen (secondary N) is 1. The molecule has 126 valence electrons. The van der Waals surface area contributed by atoms with Crippen LogP contribution in [0.1, 0.15) is 17.5 Å². The zero-order valence-electron chi connectivity index (χ0n) is 13.6. The van der Waals surface area contributed by atoms with E-state index >= 15 is 0 Å². The first kappa shape index (κ1) is 17.0. The van der Waals surface area contributed by atoms with Gasteiger partial charge in [0.1, 0.15) is 6.07 Å². The first-order valence-electron chi connectivity index (χ1n) is 8.05. The molecule has 2 atom stereocenters. The summed E-state index contributed by atoms with van der Waals surface area (Å²) >= 11 is 6.29. The molecule has 1 saturated heterocycles. The van der Waals surface area contributed by atoms with Crippen LogP contribution in [0.2, 0.25) is 5.02 Å². The molecule has 2 aromatic rings. The van der Waals surface area contributed by atoms with E-state index in [2.05, 4.69) is 16.4 Å². The van der Waals surface area contributed by atoms with Gasteiger partial charge in [-0.25, -0.2) is 0 Å². The number of benzene rings is 1. The summed E-state index contributed by atoms with van der Waals surface area (Å²) in [5.74, 6) is 0.425. The molecule has 0 radical (unpaired) electrons. The zero-order chi connectivity index (χ0) is 17.1. The van der Waals surface area contributed by atoms with E-state index in [1.54, 1.807) is 6.20 Å². The topological polar surface area (TPSA) is 78.2 Å². The molecule has 0 amide bonds. The number of aliphatic hydroxyl groups excluding tert-OH is 1. The number of pyridine rings is 1. The van der Waals surface area contributed by atoms with Crippen LogP contribution >= 0.6 is 11.6 Å². The van der Waals surface area contributed by atoms with Crippen molar-refractivity contribution in [1.82, 2.24) is 4.98 Å². The predicted molar refractivity (Wildman–Crippen MR) is 94.2 cm³/mol. The smallest absolute Gasteiger partial charge is 0.103 e. The molecule has 0 aliphatic carbocycles. The van der Waals surface area contributed by atoms with Crippen LogP contribution in [0.5, 0.6) is 0 Å². The number of aliphatic hydroxyl groups is 1. The molecule has 0 bridgehead atoms. The lowest BCUT2D eigenvalue weighted by Crippen LogP contribution is -2.27. The summed E-state index contributed by atoms with van der Waals surface area (Å²) < 4.78 is 5.42. The molecule has 1 aromatic carbocycles. The highest BCUT2D eigenvalue weighted by atomic mass is 35.5. The van der Waals surface area contributed by atoms with Crippen LogP contribution in [-0.4, -0.2) is 36.5 Å². The van der Waals surface area contributed by atoms with Gasteiger partial charge in [0.25, 0.3) is 0 Å². The van der Waals surface area contributed by atoms with Gasteiger partial charge in [-0.15, -0.1) is 0 Å². The SMILES string of the molecule is Cc1cc(Cl)c2ncc(C#N)c(NC[C@@H](CO)[C@@H]3CCOC3)c2c1. The maximum atomic E-state index is 9.70. The third kappa shape index (κ3) is 3.32. The number of fused-ring (bicyclic) bond motifs is 1. The Labute approximate surface area is 146 Å². The second kappa shape index (κ2) is 7.35. The van der Waals surface area contributed by atoms with Crippen molar-refractivity contribution in [3.63, 3.8) is 0 Å². The minimum absolute atomic E-state index is 0.0857. The van der Waals surface area contributed by atoms with E-state index in [1.807, 2.05) is 19.1 Å². The van der Waals surface area contributed by atoms with Crippen LogP contribution in [0.4, 0.5) is 5.69 Å². The van der Waals surface area contributed by atoms with Crippen molar-refractivity contribution in [2.24, 2.45) is 11.8 Å². The highest BCUT2D eigenvalue weighted by molar-refractivity contribution is 6.35. The molecule has 2 heterocycles. The van der Waals surface area contributed by atoms with E-state index < -0.39 is 0 Å². The summed E-state index contributed by atoms with van der Waals surface area (Å²) in [7, 11) is 0. The normalized spacial score (nSPS) is 18.5. The molecular weight excluding hydrogens is 326 g/mol.